The molecule has 0 aliphatic carbocycles. The van der Waals surface area contributed by atoms with E-state index in [0.29, 0.717) is 32.7 Å². The van der Waals surface area contributed by atoms with Crippen LogP contribution in [0.1, 0.15) is 33.1 Å². The van der Waals surface area contributed by atoms with Crippen molar-refractivity contribution >= 4 is 15.9 Å². The van der Waals surface area contributed by atoms with Crippen LogP contribution < -0.4 is 5.32 Å². The van der Waals surface area contributed by atoms with Crippen LogP contribution in [0, 0.1) is 0 Å². The van der Waals surface area contributed by atoms with Crippen LogP contribution in [-0.2, 0) is 19.6 Å². The fraction of sp³-hybridized carbons (Fsp3) is 0.933. The molecule has 1 amide bonds. The van der Waals surface area contributed by atoms with Gasteiger partial charge in [0.25, 0.3) is 0 Å². The van der Waals surface area contributed by atoms with Crippen LogP contribution in [-0.4, -0.2) is 80.8 Å². The predicted octanol–water partition coefficient (Wildman–Crippen LogP) is 0.0275. The van der Waals surface area contributed by atoms with Gasteiger partial charge in [0.15, 0.2) is 0 Å². The molecule has 8 heteroatoms. The molecule has 2 atom stereocenters. The summed E-state index contributed by atoms with van der Waals surface area (Å²) in [5, 5.41) is 2.99. The number of hydrogen-bond donors (Lipinski definition) is 1. The van der Waals surface area contributed by atoms with E-state index in [2.05, 4.69) is 24.1 Å². The van der Waals surface area contributed by atoms with Crippen molar-refractivity contribution in [1.82, 2.24) is 14.5 Å². The number of nitrogens with one attached hydrogen (secondary N) is 1. The highest BCUT2D eigenvalue weighted by atomic mass is 32.2. The summed E-state index contributed by atoms with van der Waals surface area (Å²) >= 11 is 0. The standard InChI is InChI=1S/C15H29N3O4S/c1-4-15(2,17-8-10-22-11-9-17)12-16-14(19)13-6-5-7-18(13)23(3,20)21/h13H,4-12H2,1-3H3,(H,16,19). The number of sulfonamides is 1. The summed E-state index contributed by atoms with van der Waals surface area (Å²) in [4.78, 5) is 14.8. The summed E-state index contributed by atoms with van der Waals surface area (Å²) in [5.41, 5.74) is -0.131. The Morgan fingerprint density at radius 3 is 2.52 bits per heavy atom. The summed E-state index contributed by atoms with van der Waals surface area (Å²) in [6.45, 7) is 8.36. The van der Waals surface area contributed by atoms with Crippen LogP contribution in [0.4, 0.5) is 0 Å². The number of carbonyl (C=O) groups excluding carboxylic acids is 1. The molecule has 2 unspecified atom stereocenters. The van der Waals surface area contributed by atoms with E-state index in [1.54, 1.807) is 0 Å². The van der Waals surface area contributed by atoms with Gasteiger partial charge in [0, 0.05) is 31.7 Å². The maximum atomic E-state index is 12.5. The molecule has 2 saturated heterocycles. The molecule has 2 rings (SSSR count). The maximum absolute atomic E-state index is 12.5. The van der Waals surface area contributed by atoms with Gasteiger partial charge in [-0.25, -0.2) is 8.42 Å². The number of carbonyl (C=O) groups is 1. The topological polar surface area (TPSA) is 79.0 Å². The van der Waals surface area contributed by atoms with Crippen LogP contribution in [0.25, 0.3) is 0 Å². The van der Waals surface area contributed by atoms with Gasteiger partial charge in [0.1, 0.15) is 6.04 Å². The summed E-state index contributed by atoms with van der Waals surface area (Å²) in [6.07, 6.45) is 3.41. The summed E-state index contributed by atoms with van der Waals surface area (Å²) in [6, 6.07) is -0.559. The van der Waals surface area contributed by atoms with Crippen molar-refractivity contribution < 1.29 is 17.9 Å². The van der Waals surface area contributed by atoms with Crippen molar-refractivity contribution in [2.24, 2.45) is 0 Å². The van der Waals surface area contributed by atoms with Crippen LogP contribution >= 0.6 is 0 Å². The van der Waals surface area contributed by atoms with Gasteiger partial charge < -0.3 is 10.1 Å². The summed E-state index contributed by atoms with van der Waals surface area (Å²) in [7, 11) is -3.33. The number of hydrogen-bond acceptors (Lipinski definition) is 5. The zero-order valence-corrected chi connectivity index (χ0v) is 15.2. The smallest absolute Gasteiger partial charge is 0.238 e. The largest absolute Gasteiger partial charge is 0.379 e. The van der Waals surface area contributed by atoms with Crippen molar-refractivity contribution in [2.75, 3.05) is 45.6 Å². The van der Waals surface area contributed by atoms with Gasteiger partial charge in [-0.1, -0.05) is 6.92 Å². The average molecular weight is 347 g/mol. The number of ether oxygens (including phenoxy) is 1. The Hall–Kier alpha value is -0.700. The third-order valence-corrected chi connectivity index (χ3v) is 6.40. The minimum Gasteiger partial charge on any atom is -0.379 e. The number of nitrogens with zero attached hydrogens (tertiary/aromatic N) is 2. The second kappa shape index (κ2) is 7.46. The second-order valence-electron chi connectivity index (χ2n) is 6.70. The third-order valence-electron chi connectivity index (χ3n) is 5.11. The Kier molecular flexibility index (Phi) is 6.05. The molecule has 0 bridgehead atoms. The fourth-order valence-electron chi connectivity index (χ4n) is 3.36. The van der Waals surface area contributed by atoms with E-state index in [1.165, 1.54) is 10.6 Å². The maximum Gasteiger partial charge on any atom is 0.238 e. The lowest BCUT2D eigenvalue weighted by Crippen LogP contribution is -2.58. The summed E-state index contributed by atoms with van der Waals surface area (Å²) in [5.74, 6) is -0.180. The minimum atomic E-state index is -3.33. The molecule has 2 aliphatic heterocycles. The number of amides is 1. The Labute approximate surface area is 139 Å². The first-order valence-corrected chi connectivity index (χ1v) is 10.2. The van der Waals surface area contributed by atoms with E-state index in [4.69, 9.17) is 4.74 Å². The van der Waals surface area contributed by atoms with Crippen LogP contribution in [0.3, 0.4) is 0 Å². The van der Waals surface area contributed by atoms with E-state index in [1.807, 2.05) is 0 Å². The lowest BCUT2D eigenvalue weighted by atomic mass is 9.95. The van der Waals surface area contributed by atoms with Crippen molar-refractivity contribution in [3.8, 4) is 0 Å². The SMILES string of the molecule is CCC(C)(CNC(=O)C1CCCN1S(C)(=O)=O)N1CCOCC1. The van der Waals surface area contributed by atoms with Crippen LogP contribution in [0.15, 0.2) is 0 Å². The molecule has 7 nitrogen and oxygen atoms in total. The molecular weight excluding hydrogens is 318 g/mol. The van der Waals surface area contributed by atoms with E-state index < -0.39 is 16.1 Å². The van der Waals surface area contributed by atoms with E-state index >= 15 is 0 Å². The van der Waals surface area contributed by atoms with E-state index in [9.17, 15) is 13.2 Å². The van der Waals surface area contributed by atoms with Crippen molar-refractivity contribution in [1.29, 1.82) is 0 Å². The molecule has 0 aromatic rings. The number of rotatable bonds is 6. The molecule has 0 aromatic heterocycles. The molecule has 0 spiro atoms. The van der Waals surface area contributed by atoms with Gasteiger partial charge in [0.05, 0.1) is 19.5 Å². The molecule has 2 aliphatic rings. The Morgan fingerprint density at radius 2 is 1.96 bits per heavy atom. The third kappa shape index (κ3) is 4.43. The average Bonchev–Trinajstić information content (AvgIpc) is 3.03. The quantitative estimate of drug-likeness (QED) is 0.733. The highest BCUT2D eigenvalue weighted by Crippen LogP contribution is 2.22. The Morgan fingerprint density at radius 1 is 1.30 bits per heavy atom. The van der Waals surface area contributed by atoms with Gasteiger partial charge in [-0.2, -0.15) is 4.31 Å². The molecule has 0 aromatic carbocycles. The zero-order chi connectivity index (χ0) is 17.1. The molecular formula is C15H29N3O4S. The highest BCUT2D eigenvalue weighted by Gasteiger charge is 2.38. The minimum absolute atomic E-state index is 0.131. The predicted molar refractivity (Wildman–Crippen MR) is 88.7 cm³/mol. The summed E-state index contributed by atoms with van der Waals surface area (Å²) < 4.78 is 30.3. The molecule has 134 valence electrons. The lowest BCUT2D eigenvalue weighted by Gasteiger charge is -2.43. The lowest BCUT2D eigenvalue weighted by molar-refractivity contribution is -0.125. The Balaban J connectivity index is 1.96. The monoisotopic (exact) mass is 347 g/mol. The fourth-order valence-corrected chi connectivity index (χ4v) is 4.48. The molecule has 2 heterocycles. The van der Waals surface area contributed by atoms with Gasteiger partial charge >= 0.3 is 0 Å². The molecule has 1 N–H and O–H groups in total. The van der Waals surface area contributed by atoms with Crippen molar-refractivity contribution in [3.05, 3.63) is 0 Å². The van der Waals surface area contributed by atoms with E-state index in [-0.39, 0.29) is 11.4 Å². The Bertz CT molecular complexity index is 519. The molecule has 23 heavy (non-hydrogen) atoms. The van der Waals surface area contributed by atoms with Crippen LogP contribution in [0.2, 0.25) is 0 Å². The van der Waals surface area contributed by atoms with E-state index in [0.717, 1.165) is 25.9 Å². The van der Waals surface area contributed by atoms with Gasteiger partial charge in [-0.05, 0) is 26.2 Å². The highest BCUT2D eigenvalue weighted by molar-refractivity contribution is 7.88. The van der Waals surface area contributed by atoms with Gasteiger partial charge in [-0.3, -0.25) is 9.69 Å². The van der Waals surface area contributed by atoms with Crippen molar-refractivity contribution in [3.63, 3.8) is 0 Å². The first-order chi connectivity index (χ1) is 10.8. The first kappa shape index (κ1) is 18.6. The molecule has 0 saturated carbocycles. The molecule has 2 fully saturated rings. The normalized spacial score (nSPS) is 26.8. The van der Waals surface area contributed by atoms with Crippen molar-refractivity contribution in [2.45, 2.75) is 44.7 Å². The van der Waals surface area contributed by atoms with Crippen LogP contribution in [0.5, 0.6) is 0 Å². The second-order valence-corrected chi connectivity index (χ2v) is 8.63. The first-order valence-electron chi connectivity index (χ1n) is 8.35. The van der Waals surface area contributed by atoms with Gasteiger partial charge in [-0.15, -0.1) is 0 Å². The molecule has 0 radical (unpaired) electrons. The zero-order valence-electron chi connectivity index (χ0n) is 14.4. The van der Waals surface area contributed by atoms with Gasteiger partial charge in [0.2, 0.25) is 15.9 Å². The number of morpholine rings is 1.